The summed E-state index contributed by atoms with van der Waals surface area (Å²) in [5.41, 5.74) is 2.44. The van der Waals surface area contributed by atoms with Crippen LogP contribution in [0.1, 0.15) is 0 Å². The van der Waals surface area contributed by atoms with Crippen molar-refractivity contribution in [3.63, 3.8) is 0 Å². The Balaban J connectivity index is 1.80. The van der Waals surface area contributed by atoms with E-state index in [1.54, 1.807) is 18.6 Å². The molecule has 0 saturated heterocycles. The molecule has 4 rings (SSSR count). The van der Waals surface area contributed by atoms with Gasteiger partial charge in [-0.05, 0) is 36.4 Å². The molecular weight excluding hydrogens is 276 g/mol. The third kappa shape index (κ3) is 2.09. The van der Waals surface area contributed by atoms with Crippen molar-refractivity contribution in [1.29, 1.82) is 0 Å². The molecule has 22 heavy (non-hydrogen) atoms. The van der Waals surface area contributed by atoms with Crippen molar-refractivity contribution in [2.45, 2.75) is 0 Å². The van der Waals surface area contributed by atoms with Crippen LogP contribution in [0.5, 0.6) is 0 Å². The molecule has 2 aromatic carbocycles. The summed E-state index contributed by atoms with van der Waals surface area (Å²) in [5, 5.41) is 0.598. The first kappa shape index (κ1) is 12.5. The number of fused-ring (bicyclic) bond motifs is 1. The third-order valence-electron chi connectivity index (χ3n) is 3.56. The minimum absolute atomic E-state index is 0.126. The molecule has 0 radical (unpaired) electrons. The van der Waals surface area contributed by atoms with Gasteiger partial charge < -0.3 is 9.55 Å². The number of hydrogen-bond acceptors (Lipinski definition) is 3. The van der Waals surface area contributed by atoms with E-state index in [0.717, 1.165) is 11.3 Å². The highest BCUT2D eigenvalue weighted by molar-refractivity contribution is 5.79. The third-order valence-corrected chi connectivity index (χ3v) is 3.56. The number of nitrogens with zero attached hydrogens (tertiary/aromatic N) is 3. The fraction of sp³-hybridized carbons (Fsp3) is 0. The van der Waals surface area contributed by atoms with Gasteiger partial charge in [-0.3, -0.25) is 4.79 Å². The van der Waals surface area contributed by atoms with E-state index >= 15 is 0 Å². The Kier molecular flexibility index (Phi) is 2.83. The molecule has 1 N–H and O–H groups in total. The summed E-state index contributed by atoms with van der Waals surface area (Å²) in [6, 6.07) is 15.1. The van der Waals surface area contributed by atoms with Crippen molar-refractivity contribution in [2.75, 3.05) is 0 Å². The van der Waals surface area contributed by atoms with Gasteiger partial charge in [0.25, 0.3) is 5.56 Å². The van der Waals surface area contributed by atoms with Gasteiger partial charge in [0, 0.05) is 23.6 Å². The van der Waals surface area contributed by atoms with Gasteiger partial charge in [0.2, 0.25) is 0 Å². The second-order valence-electron chi connectivity index (χ2n) is 4.95. The molecule has 106 valence electrons. The molecule has 0 bridgehead atoms. The molecule has 0 aliphatic heterocycles. The fourth-order valence-electron chi connectivity index (χ4n) is 2.43. The maximum absolute atomic E-state index is 12.1. The zero-order chi connectivity index (χ0) is 14.9. The van der Waals surface area contributed by atoms with Crippen LogP contribution in [0.25, 0.3) is 28.0 Å². The lowest BCUT2D eigenvalue weighted by molar-refractivity contribution is 1.06. The summed E-state index contributed by atoms with van der Waals surface area (Å²) in [5.74, 6) is 0.570. The van der Waals surface area contributed by atoms with E-state index in [2.05, 4.69) is 15.0 Å². The van der Waals surface area contributed by atoms with Gasteiger partial charge >= 0.3 is 0 Å². The predicted octanol–water partition coefficient (Wildman–Crippen LogP) is 2.78. The average molecular weight is 288 g/mol. The second-order valence-corrected chi connectivity index (χ2v) is 4.95. The molecule has 4 aromatic rings. The first-order valence-corrected chi connectivity index (χ1v) is 6.89. The van der Waals surface area contributed by atoms with E-state index in [1.807, 2.05) is 53.2 Å². The molecular formula is C17H12N4O. The number of para-hydroxylation sites is 1. The molecule has 0 saturated carbocycles. The summed E-state index contributed by atoms with van der Waals surface area (Å²) >= 11 is 0. The van der Waals surface area contributed by atoms with Gasteiger partial charge in [-0.2, -0.15) is 0 Å². The van der Waals surface area contributed by atoms with Gasteiger partial charge in [0.1, 0.15) is 5.82 Å². The molecule has 0 fully saturated rings. The van der Waals surface area contributed by atoms with E-state index in [9.17, 15) is 4.79 Å². The Morgan fingerprint density at radius 2 is 1.82 bits per heavy atom. The zero-order valence-corrected chi connectivity index (χ0v) is 11.6. The minimum atomic E-state index is -0.126. The Morgan fingerprint density at radius 3 is 2.59 bits per heavy atom. The van der Waals surface area contributed by atoms with Gasteiger partial charge in [0.15, 0.2) is 0 Å². The van der Waals surface area contributed by atoms with Crippen LogP contribution in [-0.2, 0) is 0 Å². The number of nitrogens with one attached hydrogen (secondary N) is 1. The first-order chi connectivity index (χ1) is 10.8. The zero-order valence-electron chi connectivity index (χ0n) is 11.6. The summed E-state index contributed by atoms with van der Waals surface area (Å²) in [4.78, 5) is 23.5. The Bertz CT molecular complexity index is 985. The topological polar surface area (TPSA) is 63.6 Å². The number of aromatic amines is 1. The van der Waals surface area contributed by atoms with Crippen LogP contribution in [0.15, 0.2) is 72.0 Å². The molecule has 5 nitrogen and oxygen atoms in total. The molecule has 5 heteroatoms. The second kappa shape index (κ2) is 4.96. The minimum Gasteiger partial charge on any atom is -0.306 e. The van der Waals surface area contributed by atoms with Gasteiger partial charge in [-0.15, -0.1) is 0 Å². The lowest BCUT2D eigenvalue weighted by Gasteiger charge is -2.05. The number of rotatable bonds is 2. The lowest BCUT2D eigenvalue weighted by atomic mass is 10.1. The van der Waals surface area contributed by atoms with E-state index in [1.165, 1.54) is 0 Å². The van der Waals surface area contributed by atoms with Gasteiger partial charge in [0.05, 0.1) is 17.2 Å². The largest absolute Gasteiger partial charge is 0.306 e. The SMILES string of the molecule is O=c1[nH]c(-c2ccc(-n3ccnc3)cc2)nc2ccccc12. The number of benzene rings is 2. The van der Waals surface area contributed by atoms with E-state index in [0.29, 0.717) is 16.7 Å². The van der Waals surface area contributed by atoms with Gasteiger partial charge in [-0.1, -0.05) is 12.1 Å². The van der Waals surface area contributed by atoms with Crippen molar-refractivity contribution in [3.8, 4) is 17.1 Å². The standard InChI is InChI=1S/C17H12N4O/c22-17-14-3-1-2-4-15(14)19-16(20-17)12-5-7-13(8-6-12)21-10-9-18-11-21/h1-11H,(H,19,20,22). The summed E-state index contributed by atoms with van der Waals surface area (Å²) < 4.78 is 1.92. The van der Waals surface area contributed by atoms with Crippen LogP contribution >= 0.6 is 0 Å². The smallest absolute Gasteiger partial charge is 0.259 e. The summed E-state index contributed by atoms with van der Waals surface area (Å²) in [7, 11) is 0. The van der Waals surface area contributed by atoms with E-state index in [4.69, 9.17) is 0 Å². The molecule has 0 aliphatic rings. The van der Waals surface area contributed by atoms with Crippen molar-refractivity contribution < 1.29 is 0 Å². The van der Waals surface area contributed by atoms with E-state index in [-0.39, 0.29) is 5.56 Å². The fourth-order valence-corrected chi connectivity index (χ4v) is 2.43. The quantitative estimate of drug-likeness (QED) is 0.617. The van der Waals surface area contributed by atoms with Crippen LogP contribution in [0.2, 0.25) is 0 Å². The van der Waals surface area contributed by atoms with Crippen molar-refractivity contribution in [1.82, 2.24) is 19.5 Å². The summed E-state index contributed by atoms with van der Waals surface area (Å²) in [6.45, 7) is 0. The molecule has 0 amide bonds. The molecule has 0 unspecified atom stereocenters. The Labute approximate surface area is 125 Å². The maximum atomic E-state index is 12.1. The van der Waals surface area contributed by atoms with E-state index < -0.39 is 0 Å². The highest BCUT2D eigenvalue weighted by Crippen LogP contribution is 2.18. The van der Waals surface area contributed by atoms with Gasteiger partial charge in [-0.25, -0.2) is 9.97 Å². The van der Waals surface area contributed by atoms with Crippen LogP contribution in [0.3, 0.4) is 0 Å². The Hall–Kier alpha value is -3.21. The highest BCUT2D eigenvalue weighted by Gasteiger charge is 2.05. The van der Waals surface area contributed by atoms with Crippen molar-refractivity contribution >= 4 is 10.9 Å². The van der Waals surface area contributed by atoms with Crippen LogP contribution < -0.4 is 5.56 Å². The molecule has 2 aromatic heterocycles. The summed E-state index contributed by atoms with van der Waals surface area (Å²) in [6.07, 6.45) is 5.35. The number of H-pyrrole nitrogens is 1. The van der Waals surface area contributed by atoms with Crippen LogP contribution in [-0.4, -0.2) is 19.5 Å². The van der Waals surface area contributed by atoms with Crippen LogP contribution in [0.4, 0.5) is 0 Å². The normalized spacial score (nSPS) is 10.9. The molecule has 0 aliphatic carbocycles. The van der Waals surface area contributed by atoms with Crippen LogP contribution in [0, 0.1) is 0 Å². The number of aromatic nitrogens is 4. The molecule has 2 heterocycles. The maximum Gasteiger partial charge on any atom is 0.259 e. The highest BCUT2D eigenvalue weighted by atomic mass is 16.1. The predicted molar refractivity (Wildman–Crippen MR) is 84.9 cm³/mol. The number of imidazole rings is 1. The molecule has 0 atom stereocenters. The average Bonchev–Trinajstić information content (AvgIpc) is 3.09. The molecule has 0 spiro atoms. The van der Waals surface area contributed by atoms with Crippen molar-refractivity contribution in [2.24, 2.45) is 0 Å². The Morgan fingerprint density at radius 1 is 1.00 bits per heavy atom. The number of hydrogen-bond donors (Lipinski definition) is 1. The van der Waals surface area contributed by atoms with Crippen molar-refractivity contribution in [3.05, 3.63) is 77.6 Å². The lowest BCUT2D eigenvalue weighted by Crippen LogP contribution is -2.09. The first-order valence-electron chi connectivity index (χ1n) is 6.89. The monoisotopic (exact) mass is 288 g/mol.